The minimum atomic E-state index is -0.663. The molecule has 0 bridgehead atoms. The van der Waals surface area contributed by atoms with E-state index in [1.807, 2.05) is 0 Å². The topological polar surface area (TPSA) is 123 Å². The number of hydrogen-bond donors (Lipinski definition) is 2. The van der Waals surface area contributed by atoms with E-state index >= 15 is 0 Å². The summed E-state index contributed by atoms with van der Waals surface area (Å²) in [6, 6.07) is 0. The Hall–Kier alpha value is -3.09. The molecule has 0 saturated heterocycles. The van der Waals surface area contributed by atoms with E-state index in [9.17, 15) is 14.4 Å². The van der Waals surface area contributed by atoms with E-state index in [-0.39, 0.29) is 11.7 Å². The van der Waals surface area contributed by atoms with Crippen LogP contribution in [0.15, 0.2) is 12.2 Å². The van der Waals surface area contributed by atoms with Gasteiger partial charge in [-0.2, -0.15) is 0 Å². The zero-order valence-corrected chi connectivity index (χ0v) is 12.0. The maximum absolute atomic E-state index is 11.7. The van der Waals surface area contributed by atoms with Gasteiger partial charge >= 0.3 is 5.91 Å². The molecule has 2 N–H and O–H groups in total. The normalized spacial score (nSPS) is 9.64. The molecule has 1 rings (SSSR count). The molecule has 0 aromatic carbocycles. The lowest BCUT2D eigenvalue weighted by Gasteiger charge is -2.04. The lowest BCUT2D eigenvalue weighted by molar-refractivity contribution is -0.117. The van der Waals surface area contributed by atoms with Crippen LogP contribution in [0.5, 0.6) is 0 Å². The zero-order valence-electron chi connectivity index (χ0n) is 12.0. The summed E-state index contributed by atoms with van der Waals surface area (Å²) in [6.45, 7) is 11.9. The Bertz CT molecular complexity index is 629. The highest BCUT2D eigenvalue weighted by Crippen LogP contribution is 1.89. The van der Waals surface area contributed by atoms with E-state index in [2.05, 4.69) is 37.5 Å². The van der Waals surface area contributed by atoms with Crippen LogP contribution < -0.4 is 10.6 Å². The van der Waals surface area contributed by atoms with E-state index in [4.69, 9.17) is 6.57 Å². The molecule has 22 heavy (non-hydrogen) atoms. The summed E-state index contributed by atoms with van der Waals surface area (Å²) in [6.07, 6.45) is 0.509. The summed E-state index contributed by atoms with van der Waals surface area (Å²) in [5, 5.41) is 15.6. The number of rotatable bonds is 7. The summed E-state index contributed by atoms with van der Waals surface area (Å²) in [5.41, 5.74) is 0.411. The van der Waals surface area contributed by atoms with Gasteiger partial charge in [0.1, 0.15) is 0 Å². The van der Waals surface area contributed by atoms with E-state index in [0.29, 0.717) is 29.9 Å². The van der Waals surface area contributed by atoms with E-state index in [1.54, 1.807) is 6.92 Å². The smallest absolute Gasteiger partial charge is 0.345 e. The molecular weight excluding hydrogens is 290 g/mol. The van der Waals surface area contributed by atoms with Gasteiger partial charge in [-0.15, -0.1) is 10.2 Å². The van der Waals surface area contributed by atoms with Crippen LogP contribution in [0.2, 0.25) is 0 Å². The quantitative estimate of drug-likeness (QED) is 0.380. The predicted octanol–water partition coefficient (Wildman–Crippen LogP) is -0.955. The van der Waals surface area contributed by atoms with Crippen molar-refractivity contribution in [1.82, 2.24) is 30.8 Å². The molecule has 0 radical (unpaired) electrons. The maximum Gasteiger partial charge on any atom is 0.345 e. The first-order valence-corrected chi connectivity index (χ1v) is 6.34. The second kappa shape index (κ2) is 8.25. The van der Waals surface area contributed by atoms with Gasteiger partial charge < -0.3 is 15.5 Å². The first kappa shape index (κ1) is 17.0. The van der Waals surface area contributed by atoms with Gasteiger partial charge in [0.25, 0.3) is 18.3 Å². The van der Waals surface area contributed by atoms with Crippen molar-refractivity contribution in [3.8, 4) is 0 Å². The molecule has 0 fully saturated rings. The van der Waals surface area contributed by atoms with Crippen molar-refractivity contribution in [3.05, 3.63) is 29.4 Å². The van der Waals surface area contributed by atoms with Crippen molar-refractivity contribution >= 4 is 17.7 Å². The molecule has 0 unspecified atom stereocenters. The number of nitrogens with one attached hydrogen (secondary N) is 2. The molecular formula is C12H15N7O3. The van der Waals surface area contributed by atoms with E-state index in [0.717, 1.165) is 0 Å². The van der Waals surface area contributed by atoms with Crippen molar-refractivity contribution < 1.29 is 14.4 Å². The molecule has 0 aliphatic rings. The number of aromatic nitrogens is 4. The standard InChI is InChI=1S/C12H15N7O3/c1-8(2)11(21)14-5-4-6-15-12(22)10-16-18-19(17-10)9(20)7-13-3/h1,4-7H2,2H3,(H,14,21)(H,15,22). The number of carbonyl (C=O) groups is 3. The first-order valence-electron chi connectivity index (χ1n) is 6.34. The molecule has 0 atom stereocenters. The summed E-state index contributed by atoms with van der Waals surface area (Å²) >= 11 is 0. The van der Waals surface area contributed by atoms with Crippen LogP contribution in [0.25, 0.3) is 4.85 Å². The predicted molar refractivity (Wildman–Crippen MR) is 74.7 cm³/mol. The minimum absolute atomic E-state index is 0.241. The molecule has 1 aromatic rings. The van der Waals surface area contributed by atoms with Gasteiger partial charge in [0, 0.05) is 18.7 Å². The number of carbonyl (C=O) groups excluding carboxylic acids is 3. The summed E-state index contributed by atoms with van der Waals surface area (Å²) in [4.78, 5) is 37.7. The Labute approximate surface area is 126 Å². The number of tetrazole rings is 1. The number of hydrogen-bond acceptors (Lipinski definition) is 6. The Kier molecular flexibility index (Phi) is 6.36. The Balaban J connectivity index is 2.34. The Morgan fingerprint density at radius 3 is 2.64 bits per heavy atom. The fraction of sp³-hybridized carbons (Fsp3) is 0.417. The fourth-order valence-corrected chi connectivity index (χ4v) is 1.26. The van der Waals surface area contributed by atoms with Crippen molar-refractivity contribution in [3.63, 3.8) is 0 Å². The SMILES string of the molecule is [C-]#[N+]CC(=O)n1nnc(C(=O)NCCCNC(=O)C(=C)C)n1. The molecule has 10 heteroatoms. The van der Waals surface area contributed by atoms with Crippen molar-refractivity contribution in [2.24, 2.45) is 0 Å². The molecule has 2 amide bonds. The highest BCUT2D eigenvalue weighted by molar-refractivity contribution is 5.92. The second-order valence-electron chi connectivity index (χ2n) is 4.26. The molecule has 1 heterocycles. The monoisotopic (exact) mass is 305 g/mol. The molecule has 0 saturated carbocycles. The van der Waals surface area contributed by atoms with E-state index in [1.165, 1.54) is 0 Å². The van der Waals surface area contributed by atoms with Crippen LogP contribution in [-0.4, -0.2) is 57.6 Å². The van der Waals surface area contributed by atoms with Crippen molar-refractivity contribution in [2.45, 2.75) is 13.3 Å². The lowest BCUT2D eigenvalue weighted by Crippen LogP contribution is -2.30. The average molecular weight is 305 g/mol. The largest absolute Gasteiger partial charge is 0.352 e. The summed E-state index contributed by atoms with van der Waals surface area (Å²) in [7, 11) is 0. The lowest BCUT2D eigenvalue weighted by atomic mass is 10.3. The zero-order chi connectivity index (χ0) is 16.5. The fourth-order valence-electron chi connectivity index (χ4n) is 1.26. The summed E-state index contributed by atoms with van der Waals surface area (Å²) < 4.78 is 0. The molecule has 1 aromatic heterocycles. The van der Waals surface area contributed by atoms with Gasteiger partial charge in [0.15, 0.2) is 0 Å². The third kappa shape index (κ3) is 5.12. The van der Waals surface area contributed by atoms with Gasteiger partial charge in [-0.05, 0) is 18.6 Å². The Morgan fingerprint density at radius 1 is 1.32 bits per heavy atom. The van der Waals surface area contributed by atoms with Crippen LogP contribution in [0.3, 0.4) is 0 Å². The van der Waals surface area contributed by atoms with Crippen LogP contribution in [0, 0.1) is 6.57 Å². The second-order valence-corrected chi connectivity index (χ2v) is 4.26. The van der Waals surface area contributed by atoms with Crippen LogP contribution in [-0.2, 0) is 4.79 Å². The van der Waals surface area contributed by atoms with Gasteiger partial charge in [0.2, 0.25) is 5.91 Å². The minimum Gasteiger partial charge on any atom is -0.352 e. The molecule has 0 spiro atoms. The summed E-state index contributed by atoms with van der Waals surface area (Å²) in [5.74, 6) is -1.75. The molecule has 116 valence electrons. The van der Waals surface area contributed by atoms with E-state index < -0.39 is 18.4 Å². The molecule has 10 nitrogen and oxygen atoms in total. The van der Waals surface area contributed by atoms with Gasteiger partial charge in [-0.1, -0.05) is 11.4 Å². The third-order valence-corrected chi connectivity index (χ3v) is 2.37. The average Bonchev–Trinajstić information content (AvgIpc) is 2.96. The maximum atomic E-state index is 11.7. The van der Waals surface area contributed by atoms with Crippen molar-refractivity contribution in [2.75, 3.05) is 19.6 Å². The highest BCUT2D eigenvalue weighted by Gasteiger charge is 2.17. The van der Waals surface area contributed by atoms with Crippen LogP contribution in [0.1, 0.15) is 28.8 Å². The highest BCUT2D eigenvalue weighted by atomic mass is 16.2. The Morgan fingerprint density at radius 2 is 2.00 bits per heavy atom. The van der Waals surface area contributed by atoms with Gasteiger partial charge in [-0.25, -0.2) is 6.57 Å². The number of amides is 2. The van der Waals surface area contributed by atoms with Crippen molar-refractivity contribution in [1.29, 1.82) is 0 Å². The van der Waals surface area contributed by atoms with Gasteiger partial charge in [-0.3, -0.25) is 14.4 Å². The molecule has 0 aliphatic heterocycles. The van der Waals surface area contributed by atoms with Crippen LogP contribution >= 0.6 is 0 Å². The van der Waals surface area contributed by atoms with Crippen LogP contribution in [0.4, 0.5) is 0 Å². The number of nitrogens with zero attached hydrogens (tertiary/aromatic N) is 5. The van der Waals surface area contributed by atoms with Gasteiger partial charge in [0.05, 0.1) is 0 Å². The molecule has 0 aliphatic carbocycles. The third-order valence-electron chi connectivity index (χ3n) is 2.37. The first-order chi connectivity index (χ1) is 10.5.